The van der Waals surface area contributed by atoms with Crippen molar-refractivity contribution < 1.29 is 19.4 Å². The van der Waals surface area contributed by atoms with Crippen LogP contribution in [0.3, 0.4) is 0 Å². The smallest absolute Gasteiger partial charge is 0.335 e. The van der Waals surface area contributed by atoms with Gasteiger partial charge < -0.3 is 14.6 Å². The highest BCUT2D eigenvalue weighted by Crippen LogP contribution is 2.34. The van der Waals surface area contributed by atoms with E-state index >= 15 is 0 Å². The standard InChI is InChI=1S/C10H10Br2O4/c1-2-15-5-16-9-7(11)3-6(10(13)14)4-8(9)12/h3-4H,2,5H2,1H3,(H,13,14). The van der Waals surface area contributed by atoms with Crippen molar-refractivity contribution in [2.45, 2.75) is 6.92 Å². The van der Waals surface area contributed by atoms with Crippen LogP contribution < -0.4 is 4.74 Å². The molecule has 6 heteroatoms. The summed E-state index contributed by atoms with van der Waals surface area (Å²) < 4.78 is 11.5. The van der Waals surface area contributed by atoms with Crippen LogP contribution in [0.15, 0.2) is 21.1 Å². The van der Waals surface area contributed by atoms with Crippen LogP contribution in [0.4, 0.5) is 0 Å². The van der Waals surface area contributed by atoms with E-state index in [0.717, 1.165) is 0 Å². The third-order valence-corrected chi connectivity index (χ3v) is 2.91. The maximum Gasteiger partial charge on any atom is 0.335 e. The fourth-order valence-corrected chi connectivity index (χ4v) is 2.42. The maximum atomic E-state index is 10.8. The number of aromatic carboxylic acids is 1. The van der Waals surface area contributed by atoms with Gasteiger partial charge in [-0.1, -0.05) is 0 Å². The molecule has 4 nitrogen and oxygen atoms in total. The molecular weight excluding hydrogens is 344 g/mol. The van der Waals surface area contributed by atoms with Gasteiger partial charge in [0.2, 0.25) is 0 Å². The fraction of sp³-hybridized carbons (Fsp3) is 0.300. The van der Waals surface area contributed by atoms with E-state index in [-0.39, 0.29) is 12.4 Å². The van der Waals surface area contributed by atoms with E-state index in [4.69, 9.17) is 14.6 Å². The Balaban J connectivity index is 2.89. The predicted molar refractivity (Wildman–Crippen MR) is 65.9 cm³/mol. The molecule has 1 aromatic rings. The molecule has 0 unspecified atom stereocenters. The lowest BCUT2D eigenvalue weighted by molar-refractivity contribution is 0.0215. The van der Waals surface area contributed by atoms with E-state index in [9.17, 15) is 4.79 Å². The molecule has 1 rings (SSSR count). The van der Waals surface area contributed by atoms with Gasteiger partial charge in [0.15, 0.2) is 12.5 Å². The van der Waals surface area contributed by atoms with Gasteiger partial charge in [-0.3, -0.25) is 0 Å². The number of halogens is 2. The average molecular weight is 354 g/mol. The molecule has 0 fully saturated rings. The summed E-state index contributed by atoms with van der Waals surface area (Å²) in [5.41, 5.74) is 0.183. The highest BCUT2D eigenvalue weighted by Gasteiger charge is 2.12. The lowest BCUT2D eigenvalue weighted by atomic mass is 10.2. The van der Waals surface area contributed by atoms with E-state index < -0.39 is 5.97 Å². The summed E-state index contributed by atoms with van der Waals surface area (Å²) in [5, 5.41) is 8.83. The van der Waals surface area contributed by atoms with Crippen molar-refractivity contribution in [1.29, 1.82) is 0 Å². The predicted octanol–water partition coefficient (Wildman–Crippen LogP) is 3.28. The van der Waals surface area contributed by atoms with Crippen LogP contribution in [-0.4, -0.2) is 24.5 Å². The number of rotatable bonds is 5. The van der Waals surface area contributed by atoms with Crippen LogP contribution in [0, 0.1) is 0 Å². The molecule has 0 atom stereocenters. The summed E-state index contributed by atoms with van der Waals surface area (Å²) >= 11 is 6.49. The van der Waals surface area contributed by atoms with E-state index in [1.807, 2.05) is 6.92 Å². The van der Waals surface area contributed by atoms with Crippen molar-refractivity contribution >= 4 is 37.8 Å². The molecule has 0 bridgehead atoms. The monoisotopic (exact) mass is 352 g/mol. The van der Waals surface area contributed by atoms with E-state index in [1.54, 1.807) is 0 Å². The largest absolute Gasteiger partial charge is 0.478 e. The van der Waals surface area contributed by atoms with Gasteiger partial charge in [-0.05, 0) is 50.9 Å². The quantitative estimate of drug-likeness (QED) is 0.652. The Morgan fingerprint density at radius 1 is 1.38 bits per heavy atom. The minimum absolute atomic E-state index is 0.125. The normalized spacial score (nSPS) is 10.2. The summed E-state index contributed by atoms with van der Waals surface area (Å²) in [6, 6.07) is 2.96. The first-order valence-electron chi connectivity index (χ1n) is 4.49. The molecule has 0 aliphatic rings. The molecule has 0 aromatic heterocycles. The van der Waals surface area contributed by atoms with E-state index in [2.05, 4.69) is 31.9 Å². The number of hydrogen-bond acceptors (Lipinski definition) is 3. The lowest BCUT2D eigenvalue weighted by Crippen LogP contribution is -2.04. The summed E-state index contributed by atoms with van der Waals surface area (Å²) in [6.45, 7) is 2.55. The first kappa shape index (κ1) is 13.5. The van der Waals surface area contributed by atoms with Crippen molar-refractivity contribution in [2.24, 2.45) is 0 Å². The lowest BCUT2D eigenvalue weighted by Gasteiger charge is -2.10. The molecular formula is C10H10Br2O4. The van der Waals surface area contributed by atoms with Gasteiger partial charge >= 0.3 is 5.97 Å². The van der Waals surface area contributed by atoms with Gasteiger partial charge in [0.1, 0.15) is 0 Å². The van der Waals surface area contributed by atoms with Crippen LogP contribution in [0.1, 0.15) is 17.3 Å². The van der Waals surface area contributed by atoms with Crippen LogP contribution in [0.25, 0.3) is 0 Å². The minimum atomic E-state index is -0.988. The Hall–Kier alpha value is -0.590. The molecule has 0 aliphatic carbocycles. The Kier molecular flexibility index (Phi) is 5.24. The van der Waals surface area contributed by atoms with Crippen LogP contribution in [0.5, 0.6) is 5.75 Å². The molecule has 16 heavy (non-hydrogen) atoms. The third-order valence-electron chi connectivity index (χ3n) is 1.74. The van der Waals surface area contributed by atoms with Gasteiger partial charge in [0.25, 0.3) is 0 Å². The molecule has 1 aromatic carbocycles. The second-order valence-corrected chi connectivity index (χ2v) is 4.54. The van der Waals surface area contributed by atoms with Crippen molar-refractivity contribution in [3.8, 4) is 5.75 Å². The van der Waals surface area contributed by atoms with Gasteiger partial charge in [0, 0.05) is 6.61 Å². The number of carbonyl (C=O) groups is 1. The van der Waals surface area contributed by atoms with E-state index in [1.165, 1.54) is 12.1 Å². The first-order valence-corrected chi connectivity index (χ1v) is 6.07. The second kappa shape index (κ2) is 6.22. The van der Waals surface area contributed by atoms with Gasteiger partial charge in [-0.25, -0.2) is 4.79 Å². The summed E-state index contributed by atoms with van der Waals surface area (Å²) in [5.74, 6) is -0.462. The second-order valence-electron chi connectivity index (χ2n) is 2.83. The Bertz CT molecular complexity index is 369. The summed E-state index contributed by atoms with van der Waals surface area (Å²) in [7, 11) is 0. The topological polar surface area (TPSA) is 55.8 Å². The zero-order chi connectivity index (χ0) is 12.1. The van der Waals surface area contributed by atoms with Crippen molar-refractivity contribution in [3.05, 3.63) is 26.6 Å². The molecule has 0 radical (unpaired) electrons. The molecule has 0 saturated heterocycles. The molecule has 0 spiro atoms. The number of carboxylic acids is 1. The summed E-state index contributed by atoms with van der Waals surface area (Å²) in [6.07, 6.45) is 0. The third kappa shape index (κ3) is 3.47. The van der Waals surface area contributed by atoms with Crippen molar-refractivity contribution in [2.75, 3.05) is 13.4 Å². The van der Waals surface area contributed by atoms with Gasteiger partial charge in [0.05, 0.1) is 14.5 Å². The van der Waals surface area contributed by atoms with Crippen LogP contribution in [0.2, 0.25) is 0 Å². The highest BCUT2D eigenvalue weighted by atomic mass is 79.9. The number of benzene rings is 1. The van der Waals surface area contributed by atoms with Crippen LogP contribution >= 0.6 is 31.9 Å². The molecule has 1 N–H and O–H groups in total. The van der Waals surface area contributed by atoms with Crippen LogP contribution in [-0.2, 0) is 4.74 Å². The Labute approximate surface area is 110 Å². The highest BCUT2D eigenvalue weighted by molar-refractivity contribution is 9.11. The minimum Gasteiger partial charge on any atom is -0.478 e. The molecule has 0 amide bonds. The Morgan fingerprint density at radius 3 is 2.38 bits per heavy atom. The molecule has 88 valence electrons. The Morgan fingerprint density at radius 2 is 1.94 bits per heavy atom. The van der Waals surface area contributed by atoms with E-state index in [0.29, 0.717) is 21.3 Å². The fourth-order valence-electron chi connectivity index (χ4n) is 1.01. The number of hydrogen-bond donors (Lipinski definition) is 1. The first-order chi connectivity index (χ1) is 7.56. The molecule has 0 aliphatic heterocycles. The SMILES string of the molecule is CCOCOc1c(Br)cc(C(=O)O)cc1Br. The zero-order valence-electron chi connectivity index (χ0n) is 8.50. The molecule has 0 heterocycles. The maximum absolute atomic E-state index is 10.8. The number of carboxylic acid groups (broad SMARTS) is 1. The van der Waals surface area contributed by atoms with Crippen molar-refractivity contribution in [3.63, 3.8) is 0 Å². The number of ether oxygens (including phenoxy) is 2. The van der Waals surface area contributed by atoms with Crippen molar-refractivity contribution in [1.82, 2.24) is 0 Å². The summed E-state index contributed by atoms with van der Waals surface area (Å²) in [4.78, 5) is 10.8. The zero-order valence-corrected chi connectivity index (χ0v) is 11.7. The van der Waals surface area contributed by atoms with Gasteiger partial charge in [-0.15, -0.1) is 0 Å². The molecule has 0 saturated carbocycles. The average Bonchev–Trinajstić information content (AvgIpc) is 2.21. The van der Waals surface area contributed by atoms with Gasteiger partial charge in [-0.2, -0.15) is 0 Å².